The smallest absolute Gasteiger partial charge is 0.0578 e. The first-order chi connectivity index (χ1) is 7.29. The molecule has 2 nitrogen and oxygen atoms in total. The summed E-state index contributed by atoms with van der Waals surface area (Å²) in [5.41, 5.74) is 3.84. The zero-order valence-electron chi connectivity index (χ0n) is 9.64. The Morgan fingerprint density at radius 2 is 2.20 bits per heavy atom. The fourth-order valence-corrected chi connectivity index (χ4v) is 2.17. The van der Waals surface area contributed by atoms with Crippen molar-refractivity contribution in [2.75, 3.05) is 17.2 Å². The molecule has 1 aromatic rings. The minimum Gasteiger partial charge on any atom is -0.383 e. The van der Waals surface area contributed by atoms with Crippen LogP contribution >= 0.6 is 0 Å². The number of benzene rings is 1. The zero-order chi connectivity index (χ0) is 10.7. The van der Waals surface area contributed by atoms with Gasteiger partial charge in [-0.2, -0.15) is 0 Å². The van der Waals surface area contributed by atoms with E-state index >= 15 is 0 Å². The van der Waals surface area contributed by atoms with Crippen molar-refractivity contribution < 1.29 is 0 Å². The lowest BCUT2D eigenvalue weighted by Crippen LogP contribution is -2.19. The Morgan fingerprint density at radius 3 is 3.00 bits per heavy atom. The maximum atomic E-state index is 3.63. The molecule has 0 amide bonds. The minimum atomic E-state index is 0.631. The van der Waals surface area contributed by atoms with Gasteiger partial charge in [0, 0.05) is 12.6 Å². The Balaban J connectivity index is 2.18. The molecule has 82 valence electrons. The average molecular weight is 204 g/mol. The van der Waals surface area contributed by atoms with Crippen molar-refractivity contribution in [1.82, 2.24) is 0 Å². The van der Waals surface area contributed by atoms with Gasteiger partial charge >= 0.3 is 0 Å². The second-order valence-electron chi connectivity index (χ2n) is 4.39. The molecule has 15 heavy (non-hydrogen) atoms. The van der Waals surface area contributed by atoms with E-state index in [0.717, 1.165) is 6.54 Å². The maximum absolute atomic E-state index is 3.63. The molecule has 2 heteroatoms. The molecule has 0 saturated carbocycles. The van der Waals surface area contributed by atoms with Gasteiger partial charge in [-0.15, -0.1) is 0 Å². The molecule has 0 aromatic heterocycles. The Labute approximate surface area is 92.1 Å². The van der Waals surface area contributed by atoms with E-state index in [1.54, 1.807) is 0 Å². The van der Waals surface area contributed by atoms with Crippen LogP contribution < -0.4 is 10.6 Å². The molecule has 1 heterocycles. The first-order valence-corrected chi connectivity index (χ1v) is 5.90. The number of nitrogens with one attached hydrogen (secondary N) is 2. The van der Waals surface area contributed by atoms with Gasteiger partial charge < -0.3 is 10.6 Å². The van der Waals surface area contributed by atoms with Crippen LogP contribution in [0.15, 0.2) is 18.2 Å². The quantitative estimate of drug-likeness (QED) is 0.771. The van der Waals surface area contributed by atoms with Crippen LogP contribution in [0.1, 0.15) is 31.7 Å². The molecule has 0 aliphatic carbocycles. The molecule has 0 spiro atoms. The van der Waals surface area contributed by atoms with Crippen LogP contribution in [-0.2, 0) is 0 Å². The van der Waals surface area contributed by atoms with Crippen molar-refractivity contribution in [3.8, 4) is 0 Å². The third-order valence-corrected chi connectivity index (χ3v) is 2.98. The van der Waals surface area contributed by atoms with Crippen molar-refractivity contribution >= 4 is 11.4 Å². The van der Waals surface area contributed by atoms with Gasteiger partial charge in [-0.25, -0.2) is 0 Å². The van der Waals surface area contributed by atoms with E-state index in [1.807, 2.05) is 0 Å². The van der Waals surface area contributed by atoms with Crippen LogP contribution in [0.3, 0.4) is 0 Å². The summed E-state index contributed by atoms with van der Waals surface area (Å²) >= 11 is 0. The molecule has 1 aromatic carbocycles. The standard InChI is InChI=1S/C13H20N2/c1-3-4-11-7-8-14-13-9-10(2)5-6-12(13)15-11/h5-6,9,11,14-15H,3-4,7-8H2,1-2H3. The van der Waals surface area contributed by atoms with Crippen molar-refractivity contribution in [2.45, 2.75) is 39.2 Å². The third-order valence-electron chi connectivity index (χ3n) is 2.98. The van der Waals surface area contributed by atoms with E-state index in [2.05, 4.69) is 42.7 Å². The van der Waals surface area contributed by atoms with Crippen LogP contribution in [-0.4, -0.2) is 12.6 Å². The molecule has 0 fully saturated rings. The molecule has 0 saturated heterocycles. The molecule has 0 radical (unpaired) electrons. The largest absolute Gasteiger partial charge is 0.383 e. The predicted molar refractivity (Wildman–Crippen MR) is 66.6 cm³/mol. The molecule has 2 N–H and O–H groups in total. The Bertz CT molecular complexity index is 333. The van der Waals surface area contributed by atoms with Gasteiger partial charge in [-0.05, 0) is 37.5 Å². The molecule has 0 bridgehead atoms. The van der Waals surface area contributed by atoms with Crippen molar-refractivity contribution in [3.63, 3.8) is 0 Å². The van der Waals surface area contributed by atoms with Gasteiger partial charge in [0.15, 0.2) is 0 Å². The van der Waals surface area contributed by atoms with E-state index in [-0.39, 0.29) is 0 Å². The molecule has 2 rings (SSSR count). The Morgan fingerprint density at radius 1 is 1.33 bits per heavy atom. The lowest BCUT2D eigenvalue weighted by molar-refractivity contribution is 0.615. The summed E-state index contributed by atoms with van der Waals surface area (Å²) in [7, 11) is 0. The highest BCUT2D eigenvalue weighted by atomic mass is 15.0. The Kier molecular flexibility index (Phi) is 3.14. The van der Waals surface area contributed by atoms with Gasteiger partial charge in [0.05, 0.1) is 11.4 Å². The summed E-state index contributed by atoms with van der Waals surface area (Å²) in [6.07, 6.45) is 3.72. The predicted octanol–water partition coefficient (Wildman–Crippen LogP) is 3.39. The van der Waals surface area contributed by atoms with Crippen LogP contribution in [0.4, 0.5) is 11.4 Å². The Hall–Kier alpha value is -1.18. The summed E-state index contributed by atoms with van der Waals surface area (Å²) < 4.78 is 0. The first kappa shape index (κ1) is 10.3. The number of anilines is 2. The van der Waals surface area contributed by atoms with Gasteiger partial charge in [0.1, 0.15) is 0 Å². The van der Waals surface area contributed by atoms with Gasteiger partial charge in [0.25, 0.3) is 0 Å². The number of fused-ring (bicyclic) bond motifs is 1. The normalized spacial score (nSPS) is 19.7. The van der Waals surface area contributed by atoms with E-state index < -0.39 is 0 Å². The lowest BCUT2D eigenvalue weighted by Gasteiger charge is -2.16. The fourth-order valence-electron chi connectivity index (χ4n) is 2.17. The average Bonchev–Trinajstić information content (AvgIpc) is 2.40. The summed E-state index contributed by atoms with van der Waals surface area (Å²) in [5, 5.41) is 7.12. The van der Waals surface area contributed by atoms with E-state index in [0.29, 0.717) is 6.04 Å². The van der Waals surface area contributed by atoms with Crippen molar-refractivity contribution in [2.24, 2.45) is 0 Å². The second-order valence-corrected chi connectivity index (χ2v) is 4.39. The highest BCUT2D eigenvalue weighted by molar-refractivity contribution is 5.70. The van der Waals surface area contributed by atoms with Gasteiger partial charge in [0.2, 0.25) is 0 Å². The van der Waals surface area contributed by atoms with E-state index in [4.69, 9.17) is 0 Å². The number of hydrogen-bond donors (Lipinski definition) is 2. The maximum Gasteiger partial charge on any atom is 0.0578 e. The molecule has 1 aliphatic heterocycles. The molecule has 1 aliphatic rings. The highest BCUT2D eigenvalue weighted by Gasteiger charge is 2.13. The topological polar surface area (TPSA) is 24.1 Å². The minimum absolute atomic E-state index is 0.631. The fraction of sp³-hybridized carbons (Fsp3) is 0.538. The molecule has 1 unspecified atom stereocenters. The lowest BCUT2D eigenvalue weighted by atomic mass is 10.1. The number of hydrogen-bond acceptors (Lipinski definition) is 2. The SMILES string of the molecule is CCCC1CCNc2cc(C)ccc2N1. The van der Waals surface area contributed by atoms with Crippen LogP contribution in [0.5, 0.6) is 0 Å². The van der Waals surface area contributed by atoms with Crippen molar-refractivity contribution in [3.05, 3.63) is 23.8 Å². The van der Waals surface area contributed by atoms with Gasteiger partial charge in [-0.3, -0.25) is 0 Å². The summed E-state index contributed by atoms with van der Waals surface area (Å²) in [4.78, 5) is 0. The van der Waals surface area contributed by atoms with Crippen molar-refractivity contribution in [1.29, 1.82) is 0 Å². The second kappa shape index (κ2) is 4.56. The van der Waals surface area contributed by atoms with E-state index in [1.165, 1.54) is 36.2 Å². The van der Waals surface area contributed by atoms with Crippen LogP contribution in [0.2, 0.25) is 0 Å². The molecular weight excluding hydrogens is 184 g/mol. The zero-order valence-corrected chi connectivity index (χ0v) is 9.64. The highest BCUT2D eigenvalue weighted by Crippen LogP contribution is 2.27. The molecule has 1 atom stereocenters. The third kappa shape index (κ3) is 2.44. The first-order valence-electron chi connectivity index (χ1n) is 5.90. The number of aryl methyl sites for hydroxylation is 1. The van der Waals surface area contributed by atoms with E-state index in [9.17, 15) is 0 Å². The summed E-state index contributed by atoms with van der Waals surface area (Å²) in [6, 6.07) is 7.20. The monoisotopic (exact) mass is 204 g/mol. The van der Waals surface area contributed by atoms with Crippen LogP contribution in [0.25, 0.3) is 0 Å². The summed E-state index contributed by atoms with van der Waals surface area (Å²) in [5.74, 6) is 0. The van der Waals surface area contributed by atoms with Crippen LogP contribution in [0, 0.1) is 6.92 Å². The van der Waals surface area contributed by atoms with Gasteiger partial charge in [-0.1, -0.05) is 19.4 Å². The number of rotatable bonds is 2. The summed E-state index contributed by atoms with van der Waals surface area (Å²) in [6.45, 7) is 5.46. The molecular formula is C13H20N2.